The molecule has 2 fully saturated rings. The molecule has 3 rings (SSSR count). The van der Waals surface area contributed by atoms with Gasteiger partial charge in [-0.3, -0.25) is 4.90 Å². The average molecular weight is 334 g/mol. The summed E-state index contributed by atoms with van der Waals surface area (Å²) in [6, 6.07) is 8.40. The number of benzene rings is 1. The zero-order valence-corrected chi connectivity index (χ0v) is 14.9. The Hall–Kier alpha value is -1.14. The molecular formula is C19H30N2O3. The lowest BCUT2D eigenvalue weighted by molar-refractivity contribution is -0.0449. The Bertz CT molecular complexity index is 517. The molecule has 2 atom stereocenters. The average Bonchev–Trinajstić information content (AvgIpc) is 2.62. The van der Waals surface area contributed by atoms with Crippen molar-refractivity contribution in [3.63, 3.8) is 0 Å². The molecule has 5 nitrogen and oxygen atoms in total. The molecule has 0 spiro atoms. The molecule has 1 aromatic rings. The first-order valence-corrected chi connectivity index (χ1v) is 9.05. The van der Waals surface area contributed by atoms with Gasteiger partial charge in [-0.25, -0.2) is 0 Å². The maximum atomic E-state index is 10.5. The zero-order chi connectivity index (χ0) is 16.9. The van der Waals surface area contributed by atoms with Crippen molar-refractivity contribution in [1.82, 2.24) is 9.80 Å². The minimum absolute atomic E-state index is 0.353. The van der Waals surface area contributed by atoms with E-state index in [1.807, 2.05) is 24.3 Å². The number of β-amino-alcohol motifs (C(OH)–C–C–N with tert-alkyl or cyclic N) is 1. The molecule has 1 N–H and O–H groups in total. The SMILES string of the molecule is COc1cccc(C(O)CN2CCC(N3CCOC(C)C3)CC2)c1. The first-order chi connectivity index (χ1) is 11.7. The van der Waals surface area contributed by atoms with Gasteiger partial charge in [-0.05, 0) is 50.6 Å². The summed E-state index contributed by atoms with van der Waals surface area (Å²) in [5.74, 6) is 0.798. The van der Waals surface area contributed by atoms with E-state index >= 15 is 0 Å². The van der Waals surface area contributed by atoms with Gasteiger partial charge in [0.25, 0.3) is 0 Å². The van der Waals surface area contributed by atoms with Crippen molar-refractivity contribution < 1.29 is 14.6 Å². The Labute approximate surface area is 145 Å². The summed E-state index contributed by atoms with van der Waals surface area (Å²) >= 11 is 0. The van der Waals surface area contributed by atoms with Gasteiger partial charge in [-0.2, -0.15) is 0 Å². The van der Waals surface area contributed by atoms with Crippen LogP contribution in [0.5, 0.6) is 5.75 Å². The Morgan fingerprint density at radius 2 is 2.08 bits per heavy atom. The lowest BCUT2D eigenvalue weighted by Gasteiger charge is -2.42. The number of aliphatic hydroxyl groups is 1. The maximum Gasteiger partial charge on any atom is 0.119 e. The van der Waals surface area contributed by atoms with Crippen LogP contribution in [0.3, 0.4) is 0 Å². The second-order valence-corrected chi connectivity index (χ2v) is 7.00. The number of piperidine rings is 1. The van der Waals surface area contributed by atoms with Gasteiger partial charge in [0, 0.05) is 25.7 Å². The monoisotopic (exact) mass is 334 g/mol. The second kappa shape index (κ2) is 8.30. The van der Waals surface area contributed by atoms with E-state index in [0.29, 0.717) is 18.7 Å². The summed E-state index contributed by atoms with van der Waals surface area (Å²) in [4.78, 5) is 4.97. The number of aliphatic hydroxyl groups excluding tert-OH is 1. The number of rotatable bonds is 5. The largest absolute Gasteiger partial charge is 0.497 e. The third kappa shape index (κ3) is 4.48. The third-order valence-corrected chi connectivity index (χ3v) is 5.26. The van der Waals surface area contributed by atoms with E-state index in [9.17, 15) is 5.11 Å². The molecule has 24 heavy (non-hydrogen) atoms. The van der Waals surface area contributed by atoms with Crippen LogP contribution in [0.25, 0.3) is 0 Å². The van der Waals surface area contributed by atoms with Crippen LogP contribution in [0.2, 0.25) is 0 Å². The van der Waals surface area contributed by atoms with Crippen LogP contribution in [-0.2, 0) is 4.74 Å². The van der Waals surface area contributed by atoms with E-state index in [-0.39, 0.29) is 0 Å². The normalized spacial score (nSPS) is 25.5. The van der Waals surface area contributed by atoms with Gasteiger partial charge in [0.05, 0.1) is 25.9 Å². The van der Waals surface area contributed by atoms with Crippen LogP contribution in [0.1, 0.15) is 31.4 Å². The van der Waals surface area contributed by atoms with Gasteiger partial charge in [-0.1, -0.05) is 12.1 Å². The number of ether oxygens (including phenoxy) is 2. The number of methoxy groups -OCH3 is 1. The van der Waals surface area contributed by atoms with Crippen molar-refractivity contribution in [2.75, 3.05) is 46.4 Å². The zero-order valence-electron chi connectivity index (χ0n) is 14.9. The Balaban J connectivity index is 1.48. The molecule has 134 valence electrons. The molecule has 2 aliphatic rings. The Morgan fingerprint density at radius 1 is 1.29 bits per heavy atom. The quantitative estimate of drug-likeness (QED) is 0.891. The van der Waals surface area contributed by atoms with E-state index < -0.39 is 6.10 Å². The summed E-state index contributed by atoms with van der Waals surface area (Å²) in [5.41, 5.74) is 0.929. The molecule has 2 aliphatic heterocycles. The predicted molar refractivity (Wildman–Crippen MR) is 94.4 cm³/mol. The van der Waals surface area contributed by atoms with Gasteiger partial charge in [0.15, 0.2) is 0 Å². The van der Waals surface area contributed by atoms with Crippen LogP contribution >= 0.6 is 0 Å². The van der Waals surface area contributed by atoms with E-state index in [4.69, 9.17) is 9.47 Å². The summed E-state index contributed by atoms with van der Waals surface area (Å²) in [6.07, 6.45) is 2.25. The number of hydrogen-bond donors (Lipinski definition) is 1. The molecule has 2 unspecified atom stereocenters. The van der Waals surface area contributed by atoms with Crippen LogP contribution in [0.15, 0.2) is 24.3 Å². The highest BCUT2D eigenvalue weighted by Crippen LogP contribution is 2.23. The van der Waals surface area contributed by atoms with Crippen molar-refractivity contribution >= 4 is 0 Å². The van der Waals surface area contributed by atoms with Crippen molar-refractivity contribution in [2.45, 2.75) is 38.0 Å². The Morgan fingerprint density at radius 3 is 2.79 bits per heavy atom. The van der Waals surface area contributed by atoms with Gasteiger partial charge in [0.2, 0.25) is 0 Å². The summed E-state index contributed by atoms with van der Waals surface area (Å²) < 4.78 is 10.9. The van der Waals surface area contributed by atoms with E-state index in [2.05, 4.69) is 16.7 Å². The van der Waals surface area contributed by atoms with Crippen molar-refractivity contribution in [2.24, 2.45) is 0 Å². The molecule has 0 aliphatic carbocycles. The molecule has 2 heterocycles. The summed E-state index contributed by atoms with van der Waals surface area (Å²) in [5, 5.41) is 10.5. The van der Waals surface area contributed by atoms with Gasteiger partial charge >= 0.3 is 0 Å². The fourth-order valence-corrected chi connectivity index (χ4v) is 3.84. The molecule has 0 aromatic heterocycles. The second-order valence-electron chi connectivity index (χ2n) is 7.00. The van der Waals surface area contributed by atoms with Crippen LogP contribution in [0, 0.1) is 0 Å². The van der Waals surface area contributed by atoms with Gasteiger partial charge < -0.3 is 19.5 Å². The van der Waals surface area contributed by atoms with E-state index in [1.54, 1.807) is 7.11 Å². The first-order valence-electron chi connectivity index (χ1n) is 9.05. The molecule has 0 saturated carbocycles. The molecule has 0 bridgehead atoms. The van der Waals surface area contributed by atoms with Crippen molar-refractivity contribution in [3.8, 4) is 5.75 Å². The molecule has 0 radical (unpaired) electrons. The fourth-order valence-electron chi connectivity index (χ4n) is 3.84. The molecule has 0 amide bonds. The molecule has 1 aromatic carbocycles. The predicted octanol–water partition coefficient (Wildman–Crippen LogP) is 1.91. The third-order valence-electron chi connectivity index (χ3n) is 5.26. The van der Waals surface area contributed by atoms with E-state index in [0.717, 1.165) is 44.1 Å². The van der Waals surface area contributed by atoms with Crippen LogP contribution in [-0.4, -0.2) is 73.5 Å². The maximum absolute atomic E-state index is 10.5. The lowest BCUT2D eigenvalue weighted by Crippen LogP contribution is -2.51. The van der Waals surface area contributed by atoms with Crippen molar-refractivity contribution in [3.05, 3.63) is 29.8 Å². The minimum atomic E-state index is -0.458. The topological polar surface area (TPSA) is 45.2 Å². The summed E-state index contributed by atoms with van der Waals surface area (Å²) in [7, 11) is 1.66. The molecular weight excluding hydrogens is 304 g/mol. The number of likely N-dealkylation sites (tertiary alicyclic amines) is 1. The van der Waals surface area contributed by atoms with Crippen LogP contribution in [0.4, 0.5) is 0 Å². The highest BCUT2D eigenvalue weighted by atomic mass is 16.5. The first kappa shape index (κ1) is 17.7. The molecule has 5 heteroatoms. The minimum Gasteiger partial charge on any atom is -0.497 e. The van der Waals surface area contributed by atoms with Crippen molar-refractivity contribution in [1.29, 1.82) is 0 Å². The smallest absolute Gasteiger partial charge is 0.119 e. The Kier molecular flexibility index (Phi) is 6.11. The fraction of sp³-hybridized carbons (Fsp3) is 0.684. The highest BCUT2D eigenvalue weighted by molar-refractivity contribution is 5.29. The lowest BCUT2D eigenvalue weighted by atomic mass is 10.0. The van der Waals surface area contributed by atoms with Gasteiger partial charge in [0.1, 0.15) is 5.75 Å². The standard InChI is InChI=1S/C19H30N2O3/c1-15-13-21(10-11-24-15)17-6-8-20(9-7-17)14-19(22)16-4-3-5-18(12-16)23-2/h3-5,12,15,17,19,22H,6-11,13-14H2,1-2H3. The number of nitrogens with zero attached hydrogens (tertiary/aromatic N) is 2. The van der Waals surface area contributed by atoms with E-state index in [1.165, 1.54) is 12.8 Å². The number of morpholine rings is 1. The van der Waals surface area contributed by atoms with Gasteiger partial charge in [-0.15, -0.1) is 0 Å². The number of hydrogen-bond acceptors (Lipinski definition) is 5. The summed E-state index contributed by atoms with van der Waals surface area (Å²) in [6.45, 7) is 7.93. The molecule has 2 saturated heterocycles. The van der Waals surface area contributed by atoms with Crippen LogP contribution < -0.4 is 4.74 Å². The highest BCUT2D eigenvalue weighted by Gasteiger charge is 2.28.